The molecule has 5 rings (SSSR count). The molecule has 0 radical (unpaired) electrons. The molecular formula is C26H19ClFNOS. The minimum Gasteiger partial charge on any atom is -0.326 e. The molecule has 1 atom stereocenters. The molecule has 2 heterocycles. The Morgan fingerprint density at radius 1 is 0.968 bits per heavy atom. The molecule has 3 aromatic carbocycles. The number of carbonyl (C=O) groups is 1. The Hall–Kier alpha value is -2.95. The Morgan fingerprint density at radius 3 is 2.58 bits per heavy atom. The van der Waals surface area contributed by atoms with E-state index < -0.39 is 0 Å². The second-order valence-corrected chi connectivity index (χ2v) is 9.10. The largest absolute Gasteiger partial charge is 0.326 e. The molecule has 0 fully saturated rings. The fourth-order valence-electron chi connectivity index (χ4n) is 4.18. The van der Waals surface area contributed by atoms with Crippen LogP contribution in [0.3, 0.4) is 0 Å². The molecule has 1 amide bonds. The van der Waals surface area contributed by atoms with E-state index in [1.54, 1.807) is 12.1 Å². The second-order valence-electron chi connectivity index (χ2n) is 7.58. The number of hydrogen-bond acceptors (Lipinski definition) is 2. The molecule has 2 nitrogen and oxygen atoms in total. The van der Waals surface area contributed by atoms with Crippen LogP contribution in [0.2, 0.25) is 5.02 Å². The number of hydrogen-bond donors (Lipinski definition) is 0. The molecule has 5 heteroatoms. The zero-order valence-corrected chi connectivity index (χ0v) is 18.2. The highest BCUT2D eigenvalue weighted by atomic mass is 35.5. The summed E-state index contributed by atoms with van der Waals surface area (Å²) in [4.78, 5) is 17.2. The van der Waals surface area contributed by atoms with Crippen LogP contribution in [0.5, 0.6) is 0 Å². The van der Waals surface area contributed by atoms with E-state index in [0.717, 1.165) is 28.0 Å². The van der Waals surface area contributed by atoms with E-state index in [4.69, 9.17) is 11.6 Å². The van der Waals surface area contributed by atoms with Crippen LogP contribution in [0.4, 0.5) is 4.39 Å². The summed E-state index contributed by atoms with van der Waals surface area (Å²) in [5.74, 6) is -0.294. The number of benzene rings is 3. The third-order valence-corrected chi connectivity index (χ3v) is 7.01. The minimum absolute atomic E-state index is 0.0119. The number of rotatable bonds is 3. The maximum atomic E-state index is 13.6. The molecule has 1 aliphatic heterocycles. The fraction of sp³-hybridized carbons (Fsp3) is 0.115. The summed E-state index contributed by atoms with van der Waals surface area (Å²) in [6, 6.07) is 25.9. The first-order valence-electron chi connectivity index (χ1n) is 10.1. The van der Waals surface area contributed by atoms with E-state index >= 15 is 0 Å². The molecule has 0 saturated heterocycles. The van der Waals surface area contributed by atoms with Gasteiger partial charge in [0.2, 0.25) is 0 Å². The van der Waals surface area contributed by atoms with Crippen LogP contribution >= 0.6 is 22.9 Å². The van der Waals surface area contributed by atoms with Crippen LogP contribution in [-0.2, 0) is 6.42 Å². The van der Waals surface area contributed by atoms with Gasteiger partial charge >= 0.3 is 0 Å². The molecule has 0 spiro atoms. The van der Waals surface area contributed by atoms with Gasteiger partial charge in [-0.2, -0.15) is 0 Å². The average molecular weight is 448 g/mol. The Bertz CT molecular complexity index is 1250. The van der Waals surface area contributed by atoms with Gasteiger partial charge in [-0.15, -0.1) is 11.3 Å². The summed E-state index contributed by atoms with van der Waals surface area (Å²) in [5, 5.41) is 0.669. The quantitative estimate of drug-likeness (QED) is 0.331. The van der Waals surface area contributed by atoms with Crippen molar-refractivity contribution >= 4 is 28.8 Å². The summed E-state index contributed by atoms with van der Waals surface area (Å²) in [7, 11) is 0. The number of thiophene rings is 1. The van der Waals surface area contributed by atoms with Crippen molar-refractivity contribution in [1.29, 1.82) is 0 Å². The fourth-order valence-corrected chi connectivity index (χ4v) is 5.33. The van der Waals surface area contributed by atoms with Crippen molar-refractivity contribution < 1.29 is 9.18 Å². The molecule has 1 unspecified atom stereocenters. The van der Waals surface area contributed by atoms with Crippen molar-refractivity contribution in [2.45, 2.75) is 12.5 Å². The Kier molecular flexibility index (Phi) is 5.34. The van der Waals surface area contributed by atoms with E-state index in [1.807, 2.05) is 53.4 Å². The van der Waals surface area contributed by atoms with E-state index in [0.29, 0.717) is 16.4 Å². The summed E-state index contributed by atoms with van der Waals surface area (Å²) in [5.41, 5.74) is 4.23. The van der Waals surface area contributed by atoms with Gasteiger partial charge < -0.3 is 4.90 Å². The highest BCUT2D eigenvalue weighted by molar-refractivity contribution is 7.17. The summed E-state index contributed by atoms with van der Waals surface area (Å²) in [6.45, 7) is 0.613. The van der Waals surface area contributed by atoms with E-state index in [-0.39, 0.29) is 17.8 Å². The predicted octanol–water partition coefficient (Wildman–Crippen LogP) is 7.00. The average Bonchev–Trinajstić information content (AvgIpc) is 3.29. The lowest BCUT2D eigenvalue weighted by Gasteiger charge is -2.37. The number of fused-ring (bicyclic) bond motifs is 1. The van der Waals surface area contributed by atoms with Gasteiger partial charge in [-0.25, -0.2) is 4.39 Å². The van der Waals surface area contributed by atoms with Crippen LogP contribution < -0.4 is 0 Å². The zero-order valence-electron chi connectivity index (χ0n) is 16.6. The van der Waals surface area contributed by atoms with Crippen molar-refractivity contribution in [2.75, 3.05) is 6.54 Å². The minimum atomic E-state index is -0.282. The third kappa shape index (κ3) is 3.89. The maximum absolute atomic E-state index is 13.6. The summed E-state index contributed by atoms with van der Waals surface area (Å²) in [6.07, 6.45) is 0.798. The second kappa shape index (κ2) is 8.29. The van der Waals surface area contributed by atoms with Gasteiger partial charge in [0.05, 0.1) is 10.9 Å². The molecule has 1 aromatic heterocycles. The molecule has 154 valence electrons. The topological polar surface area (TPSA) is 20.3 Å². The van der Waals surface area contributed by atoms with E-state index in [9.17, 15) is 9.18 Å². The molecule has 1 aliphatic rings. The molecule has 0 N–H and O–H groups in total. The number of carbonyl (C=O) groups excluding carboxylic acids is 1. The van der Waals surface area contributed by atoms with Gasteiger partial charge in [-0.1, -0.05) is 60.1 Å². The highest BCUT2D eigenvalue weighted by Crippen LogP contribution is 2.38. The summed E-state index contributed by atoms with van der Waals surface area (Å²) >= 11 is 7.60. The standard InChI is InChI=1S/C26H19ClFNOS/c27-20-6-3-5-19(16-20)23-12-13-24(31-23)26(30)29-15-14-17-4-1-2-7-22(17)25(29)18-8-10-21(28)11-9-18/h1-13,16,25H,14-15H2. The SMILES string of the molecule is O=C(c1ccc(-c2cccc(Cl)c2)s1)N1CCc2ccccc2C1c1ccc(F)cc1. The Balaban J connectivity index is 1.52. The molecule has 0 aliphatic carbocycles. The van der Waals surface area contributed by atoms with Crippen LogP contribution in [0, 0.1) is 5.82 Å². The van der Waals surface area contributed by atoms with Gasteiger partial charge in [0.25, 0.3) is 5.91 Å². The molecule has 0 bridgehead atoms. The molecule has 4 aromatic rings. The zero-order chi connectivity index (χ0) is 21.4. The van der Waals surface area contributed by atoms with Crippen LogP contribution in [0.1, 0.15) is 32.4 Å². The highest BCUT2D eigenvalue weighted by Gasteiger charge is 2.33. The first kappa shape index (κ1) is 20.0. The maximum Gasteiger partial charge on any atom is 0.264 e. The van der Waals surface area contributed by atoms with Crippen molar-refractivity contribution in [3.8, 4) is 10.4 Å². The monoisotopic (exact) mass is 447 g/mol. The normalized spacial score (nSPS) is 15.5. The van der Waals surface area contributed by atoms with Crippen LogP contribution in [-0.4, -0.2) is 17.4 Å². The first-order valence-corrected chi connectivity index (χ1v) is 11.3. The van der Waals surface area contributed by atoms with Gasteiger partial charge in [0.15, 0.2) is 0 Å². The van der Waals surface area contributed by atoms with Crippen LogP contribution in [0.25, 0.3) is 10.4 Å². The van der Waals surface area contributed by atoms with Gasteiger partial charge in [-0.05, 0) is 65.1 Å². The molecule has 31 heavy (non-hydrogen) atoms. The number of amides is 1. The Morgan fingerprint density at radius 2 is 1.77 bits per heavy atom. The molecular weight excluding hydrogens is 429 g/mol. The van der Waals surface area contributed by atoms with Crippen molar-refractivity contribution in [3.05, 3.63) is 117 Å². The van der Waals surface area contributed by atoms with Gasteiger partial charge in [-0.3, -0.25) is 4.79 Å². The lowest BCUT2D eigenvalue weighted by molar-refractivity contribution is 0.0699. The smallest absolute Gasteiger partial charge is 0.264 e. The van der Waals surface area contributed by atoms with E-state index in [1.165, 1.54) is 29.0 Å². The van der Waals surface area contributed by atoms with Crippen LogP contribution in [0.15, 0.2) is 84.9 Å². The lowest BCUT2D eigenvalue weighted by atomic mass is 9.88. The third-order valence-electron chi connectivity index (χ3n) is 5.66. The van der Waals surface area contributed by atoms with Gasteiger partial charge in [0, 0.05) is 16.4 Å². The predicted molar refractivity (Wildman–Crippen MR) is 124 cm³/mol. The Labute approximate surface area is 189 Å². The van der Waals surface area contributed by atoms with Gasteiger partial charge in [0.1, 0.15) is 5.82 Å². The number of halogens is 2. The van der Waals surface area contributed by atoms with Crippen molar-refractivity contribution in [2.24, 2.45) is 0 Å². The van der Waals surface area contributed by atoms with E-state index in [2.05, 4.69) is 12.1 Å². The number of nitrogens with zero attached hydrogens (tertiary/aromatic N) is 1. The lowest BCUT2D eigenvalue weighted by Crippen LogP contribution is -2.40. The van der Waals surface area contributed by atoms with Crippen molar-refractivity contribution in [3.63, 3.8) is 0 Å². The first-order chi connectivity index (χ1) is 15.1. The molecule has 0 saturated carbocycles. The summed E-state index contributed by atoms with van der Waals surface area (Å²) < 4.78 is 13.6. The van der Waals surface area contributed by atoms with Crippen molar-refractivity contribution in [1.82, 2.24) is 4.90 Å².